The van der Waals surface area contributed by atoms with Crippen molar-refractivity contribution >= 4 is 40.0 Å². The first-order valence-electron chi connectivity index (χ1n) is 9.63. The molecule has 3 rings (SSSR count). The lowest BCUT2D eigenvalue weighted by Crippen LogP contribution is -2.38. The van der Waals surface area contributed by atoms with Crippen LogP contribution in [-0.2, 0) is 4.79 Å². The number of halogens is 2. The van der Waals surface area contributed by atoms with Gasteiger partial charge in [-0.25, -0.2) is 4.98 Å². The average Bonchev–Trinajstić information content (AvgIpc) is 2.76. The molecule has 0 saturated carbocycles. The van der Waals surface area contributed by atoms with Gasteiger partial charge in [0, 0.05) is 11.6 Å². The van der Waals surface area contributed by atoms with Gasteiger partial charge >= 0.3 is 0 Å². The van der Waals surface area contributed by atoms with Crippen molar-refractivity contribution in [1.29, 1.82) is 0 Å². The lowest BCUT2D eigenvalue weighted by molar-refractivity contribution is -0.130. The molecule has 1 amide bonds. The van der Waals surface area contributed by atoms with Crippen LogP contribution in [0.15, 0.2) is 47.3 Å². The molecule has 158 valence electrons. The topological polar surface area (TPSA) is 64.4 Å². The number of carbonyl (C=O) groups is 1. The number of ether oxygens (including phenoxy) is 1. The van der Waals surface area contributed by atoms with Crippen molar-refractivity contribution < 1.29 is 9.53 Å². The van der Waals surface area contributed by atoms with E-state index >= 15 is 0 Å². The smallest absolute Gasteiger partial charge is 0.266 e. The van der Waals surface area contributed by atoms with Gasteiger partial charge in [0.15, 0.2) is 0 Å². The second kappa shape index (κ2) is 9.49. The predicted octanol–water partition coefficient (Wildman–Crippen LogP) is 4.59. The first kappa shape index (κ1) is 22.1. The predicted molar refractivity (Wildman–Crippen MR) is 120 cm³/mol. The maximum atomic E-state index is 13.5. The Labute approximate surface area is 185 Å². The standard InChI is InChI=1S/C22H23Cl2N3O3/c1-4-11-26(20(28)13-23)14(2)21-25-19-12-15(24)5-10-18(19)22(29)27(21)16-6-8-17(30-3)9-7-16/h5-10,12,14H,4,11,13H2,1-3H3. The van der Waals surface area contributed by atoms with E-state index in [0.717, 1.165) is 6.42 Å². The SMILES string of the molecule is CCCN(C(=O)CCl)C(C)c1nc2cc(Cl)ccc2c(=O)n1-c1ccc(OC)cc1. The number of amides is 1. The first-order chi connectivity index (χ1) is 14.4. The van der Waals surface area contributed by atoms with E-state index in [0.29, 0.717) is 39.7 Å². The highest BCUT2D eigenvalue weighted by Crippen LogP contribution is 2.25. The van der Waals surface area contributed by atoms with Crippen LogP contribution in [0.2, 0.25) is 5.02 Å². The maximum absolute atomic E-state index is 13.5. The normalized spacial score (nSPS) is 12.0. The Morgan fingerprint density at radius 1 is 1.23 bits per heavy atom. The van der Waals surface area contributed by atoms with Gasteiger partial charge < -0.3 is 9.64 Å². The molecule has 30 heavy (non-hydrogen) atoms. The van der Waals surface area contributed by atoms with Crippen molar-refractivity contribution in [3.8, 4) is 11.4 Å². The van der Waals surface area contributed by atoms with Gasteiger partial charge in [0.25, 0.3) is 5.56 Å². The number of carbonyl (C=O) groups excluding carboxylic acids is 1. The fraction of sp³-hybridized carbons (Fsp3) is 0.318. The van der Waals surface area contributed by atoms with Crippen LogP contribution in [-0.4, -0.2) is 39.9 Å². The summed E-state index contributed by atoms with van der Waals surface area (Å²) >= 11 is 12.0. The summed E-state index contributed by atoms with van der Waals surface area (Å²) in [6.45, 7) is 4.32. The van der Waals surface area contributed by atoms with Crippen LogP contribution in [0.3, 0.4) is 0 Å². The number of nitrogens with zero attached hydrogens (tertiary/aromatic N) is 3. The van der Waals surface area contributed by atoms with E-state index in [1.807, 2.05) is 13.8 Å². The average molecular weight is 448 g/mol. The largest absolute Gasteiger partial charge is 0.497 e. The molecule has 0 aliphatic heterocycles. The summed E-state index contributed by atoms with van der Waals surface area (Å²) in [5.74, 6) is 0.753. The maximum Gasteiger partial charge on any atom is 0.266 e. The molecule has 0 spiro atoms. The minimum atomic E-state index is -0.477. The molecule has 8 heteroatoms. The molecule has 0 fully saturated rings. The molecule has 1 aromatic heterocycles. The summed E-state index contributed by atoms with van der Waals surface area (Å²) in [6, 6.07) is 11.6. The van der Waals surface area contributed by atoms with Crippen LogP contribution in [0.5, 0.6) is 5.75 Å². The Kier molecular flexibility index (Phi) is 7.00. The summed E-state index contributed by atoms with van der Waals surface area (Å²) in [5, 5.41) is 0.925. The van der Waals surface area contributed by atoms with E-state index in [9.17, 15) is 9.59 Å². The fourth-order valence-electron chi connectivity index (χ4n) is 3.43. The summed E-state index contributed by atoms with van der Waals surface area (Å²) in [7, 11) is 1.58. The minimum Gasteiger partial charge on any atom is -0.497 e. The number of rotatable bonds is 7. The number of benzene rings is 2. The van der Waals surface area contributed by atoms with Crippen molar-refractivity contribution in [2.75, 3.05) is 19.5 Å². The van der Waals surface area contributed by atoms with Crippen molar-refractivity contribution in [2.24, 2.45) is 0 Å². The van der Waals surface area contributed by atoms with Crippen LogP contribution < -0.4 is 10.3 Å². The minimum absolute atomic E-state index is 0.142. The molecule has 0 saturated heterocycles. The zero-order valence-corrected chi connectivity index (χ0v) is 18.6. The number of hydrogen-bond donors (Lipinski definition) is 0. The van der Waals surface area contributed by atoms with E-state index in [1.165, 1.54) is 4.57 Å². The molecule has 0 aliphatic carbocycles. The van der Waals surface area contributed by atoms with Crippen LogP contribution in [0, 0.1) is 0 Å². The molecular weight excluding hydrogens is 425 g/mol. The lowest BCUT2D eigenvalue weighted by Gasteiger charge is -2.30. The van der Waals surface area contributed by atoms with Gasteiger partial charge in [-0.05, 0) is 55.8 Å². The number of methoxy groups -OCH3 is 1. The molecule has 1 heterocycles. The Morgan fingerprint density at radius 3 is 2.53 bits per heavy atom. The molecule has 0 aliphatic rings. The van der Waals surface area contributed by atoms with Gasteiger partial charge in [-0.15, -0.1) is 11.6 Å². The fourth-order valence-corrected chi connectivity index (χ4v) is 3.75. The van der Waals surface area contributed by atoms with Crippen molar-refractivity contribution in [1.82, 2.24) is 14.5 Å². The number of fused-ring (bicyclic) bond motifs is 1. The zero-order valence-electron chi connectivity index (χ0n) is 17.1. The second-order valence-electron chi connectivity index (χ2n) is 6.87. The third-order valence-electron chi connectivity index (χ3n) is 4.93. The van der Waals surface area contributed by atoms with Gasteiger partial charge in [-0.2, -0.15) is 0 Å². The van der Waals surface area contributed by atoms with Crippen LogP contribution >= 0.6 is 23.2 Å². The number of aromatic nitrogens is 2. The molecule has 2 aromatic carbocycles. The quantitative estimate of drug-likeness (QED) is 0.496. The summed E-state index contributed by atoms with van der Waals surface area (Å²) in [5.41, 5.74) is 0.870. The highest BCUT2D eigenvalue weighted by Gasteiger charge is 2.26. The van der Waals surface area contributed by atoms with E-state index in [-0.39, 0.29) is 17.3 Å². The third-order valence-corrected chi connectivity index (χ3v) is 5.39. The molecule has 0 radical (unpaired) electrons. The van der Waals surface area contributed by atoms with Gasteiger partial charge in [0.2, 0.25) is 5.91 Å². The molecule has 3 aromatic rings. The van der Waals surface area contributed by atoms with Crippen LogP contribution in [0.4, 0.5) is 0 Å². The van der Waals surface area contributed by atoms with Crippen molar-refractivity contribution in [2.45, 2.75) is 26.3 Å². The molecule has 1 atom stereocenters. The first-order valence-corrected chi connectivity index (χ1v) is 10.5. The van der Waals surface area contributed by atoms with E-state index in [1.54, 1.807) is 54.5 Å². The Bertz CT molecular complexity index is 1110. The van der Waals surface area contributed by atoms with E-state index in [4.69, 9.17) is 32.9 Å². The van der Waals surface area contributed by atoms with Crippen molar-refractivity contribution in [3.63, 3.8) is 0 Å². The van der Waals surface area contributed by atoms with Crippen LogP contribution in [0.1, 0.15) is 32.1 Å². The van der Waals surface area contributed by atoms with E-state index in [2.05, 4.69) is 0 Å². The van der Waals surface area contributed by atoms with E-state index < -0.39 is 6.04 Å². The highest BCUT2D eigenvalue weighted by atomic mass is 35.5. The Hall–Kier alpha value is -2.57. The summed E-state index contributed by atoms with van der Waals surface area (Å²) < 4.78 is 6.76. The summed E-state index contributed by atoms with van der Waals surface area (Å²) in [6.07, 6.45) is 0.749. The monoisotopic (exact) mass is 447 g/mol. The lowest BCUT2D eigenvalue weighted by atomic mass is 10.1. The summed E-state index contributed by atoms with van der Waals surface area (Å²) in [4.78, 5) is 32.3. The molecular formula is C22H23Cl2N3O3. The van der Waals surface area contributed by atoms with Crippen LogP contribution in [0.25, 0.3) is 16.6 Å². The number of hydrogen-bond acceptors (Lipinski definition) is 4. The second-order valence-corrected chi connectivity index (χ2v) is 7.57. The van der Waals surface area contributed by atoms with Crippen molar-refractivity contribution in [3.05, 3.63) is 63.7 Å². The molecule has 1 unspecified atom stereocenters. The molecule has 0 N–H and O–H groups in total. The molecule has 6 nitrogen and oxygen atoms in total. The number of alkyl halides is 1. The van der Waals surface area contributed by atoms with Gasteiger partial charge in [0.05, 0.1) is 29.7 Å². The Morgan fingerprint density at radius 2 is 1.93 bits per heavy atom. The zero-order chi connectivity index (χ0) is 21.8. The van der Waals surface area contributed by atoms with Gasteiger partial charge in [-0.3, -0.25) is 14.2 Å². The molecule has 0 bridgehead atoms. The highest BCUT2D eigenvalue weighted by molar-refractivity contribution is 6.31. The Balaban J connectivity index is 2.28. The van der Waals surface area contributed by atoms with Gasteiger partial charge in [-0.1, -0.05) is 18.5 Å². The third kappa shape index (κ3) is 4.30. The van der Waals surface area contributed by atoms with Gasteiger partial charge in [0.1, 0.15) is 17.5 Å².